The van der Waals surface area contributed by atoms with E-state index in [-0.39, 0.29) is 18.5 Å². The molecule has 22 heavy (non-hydrogen) atoms. The fraction of sp³-hybridized carbons (Fsp3) is 0.0667. The summed E-state index contributed by atoms with van der Waals surface area (Å²) in [5.41, 5.74) is 1.10. The average molecular weight is 316 g/mol. The van der Waals surface area contributed by atoms with Crippen molar-refractivity contribution in [3.63, 3.8) is 0 Å². The first-order valence-electron chi connectivity index (χ1n) is 6.46. The van der Waals surface area contributed by atoms with Crippen molar-refractivity contribution in [3.8, 4) is 11.5 Å². The van der Waals surface area contributed by atoms with Gasteiger partial charge in [-0.15, -0.1) is 0 Å². The number of carbonyl (C=O) groups excluding carboxylic acids is 1. The number of benzene rings is 2. The maximum absolute atomic E-state index is 12.9. The molecular weight excluding hydrogens is 307 g/mol. The normalized spacial score (nSPS) is 12.6. The van der Waals surface area contributed by atoms with E-state index < -0.39 is 0 Å². The van der Waals surface area contributed by atoms with Gasteiger partial charge in [0.25, 0.3) is 5.91 Å². The number of thiazole rings is 1. The molecule has 7 heteroatoms. The Kier molecular flexibility index (Phi) is 2.93. The van der Waals surface area contributed by atoms with Crippen molar-refractivity contribution < 1.29 is 18.7 Å². The number of amides is 1. The second-order valence-electron chi connectivity index (χ2n) is 4.65. The second-order valence-corrected chi connectivity index (χ2v) is 5.68. The molecule has 1 N–H and O–H groups in total. The second kappa shape index (κ2) is 4.96. The van der Waals surface area contributed by atoms with Crippen molar-refractivity contribution in [2.24, 2.45) is 0 Å². The predicted octanol–water partition coefficient (Wildman–Crippen LogP) is 3.42. The maximum Gasteiger partial charge on any atom is 0.257 e. The number of aromatic nitrogens is 1. The lowest BCUT2D eigenvalue weighted by molar-refractivity contribution is 0.102. The fourth-order valence-electron chi connectivity index (χ4n) is 2.14. The van der Waals surface area contributed by atoms with Gasteiger partial charge in [0.1, 0.15) is 5.82 Å². The van der Waals surface area contributed by atoms with Gasteiger partial charge in [-0.1, -0.05) is 11.3 Å². The molecule has 3 aromatic rings. The molecule has 1 aliphatic heterocycles. The van der Waals surface area contributed by atoms with Crippen LogP contribution in [0.15, 0.2) is 36.4 Å². The molecule has 1 amide bonds. The van der Waals surface area contributed by atoms with Crippen LogP contribution in [0, 0.1) is 5.82 Å². The molecule has 0 aliphatic carbocycles. The minimum absolute atomic E-state index is 0.209. The van der Waals surface area contributed by atoms with Gasteiger partial charge in [0.05, 0.1) is 10.2 Å². The lowest BCUT2D eigenvalue weighted by Gasteiger charge is -2.00. The topological polar surface area (TPSA) is 60.5 Å². The van der Waals surface area contributed by atoms with Gasteiger partial charge in [0.2, 0.25) is 6.79 Å². The van der Waals surface area contributed by atoms with E-state index in [9.17, 15) is 9.18 Å². The molecule has 1 aromatic heterocycles. The van der Waals surface area contributed by atoms with E-state index in [2.05, 4.69) is 10.3 Å². The highest BCUT2D eigenvalue weighted by Crippen LogP contribution is 2.38. The Bertz CT molecular complexity index is 835. The summed E-state index contributed by atoms with van der Waals surface area (Å²) >= 11 is 1.34. The average Bonchev–Trinajstić information content (AvgIpc) is 3.10. The smallest absolute Gasteiger partial charge is 0.257 e. The van der Waals surface area contributed by atoms with Crippen LogP contribution in [0.3, 0.4) is 0 Å². The van der Waals surface area contributed by atoms with Crippen molar-refractivity contribution in [1.29, 1.82) is 0 Å². The van der Waals surface area contributed by atoms with Gasteiger partial charge in [0.15, 0.2) is 16.6 Å². The Hall–Kier alpha value is -2.67. The third-order valence-corrected chi connectivity index (χ3v) is 4.14. The van der Waals surface area contributed by atoms with E-state index in [0.717, 1.165) is 10.2 Å². The van der Waals surface area contributed by atoms with E-state index in [1.165, 1.54) is 35.6 Å². The summed E-state index contributed by atoms with van der Waals surface area (Å²) in [6, 6.07) is 8.95. The van der Waals surface area contributed by atoms with Crippen LogP contribution in [-0.2, 0) is 0 Å². The first-order chi connectivity index (χ1) is 10.7. The fourth-order valence-corrected chi connectivity index (χ4v) is 3.01. The van der Waals surface area contributed by atoms with Gasteiger partial charge in [-0.05, 0) is 24.3 Å². The number of hydrogen-bond donors (Lipinski definition) is 1. The minimum Gasteiger partial charge on any atom is -0.454 e. The quantitative estimate of drug-likeness (QED) is 0.787. The Morgan fingerprint density at radius 3 is 2.68 bits per heavy atom. The van der Waals surface area contributed by atoms with Crippen LogP contribution < -0.4 is 14.8 Å². The van der Waals surface area contributed by atoms with Crippen LogP contribution in [0.2, 0.25) is 0 Å². The Morgan fingerprint density at radius 2 is 1.91 bits per heavy atom. The Morgan fingerprint density at radius 1 is 1.18 bits per heavy atom. The van der Waals surface area contributed by atoms with Crippen molar-refractivity contribution >= 4 is 32.6 Å². The number of rotatable bonds is 2. The van der Waals surface area contributed by atoms with E-state index in [1.54, 1.807) is 6.07 Å². The van der Waals surface area contributed by atoms with Crippen molar-refractivity contribution in [1.82, 2.24) is 4.98 Å². The molecule has 0 saturated carbocycles. The summed E-state index contributed by atoms with van der Waals surface area (Å²) in [5.74, 6) is 0.604. The molecule has 110 valence electrons. The van der Waals surface area contributed by atoms with Crippen molar-refractivity contribution in [2.75, 3.05) is 12.1 Å². The maximum atomic E-state index is 12.9. The van der Waals surface area contributed by atoms with Gasteiger partial charge >= 0.3 is 0 Å². The van der Waals surface area contributed by atoms with Crippen LogP contribution in [0.4, 0.5) is 9.52 Å². The molecule has 0 radical (unpaired) electrons. The van der Waals surface area contributed by atoms with Gasteiger partial charge in [0, 0.05) is 17.7 Å². The van der Waals surface area contributed by atoms with Gasteiger partial charge < -0.3 is 9.47 Å². The van der Waals surface area contributed by atoms with E-state index in [1.807, 2.05) is 6.07 Å². The summed E-state index contributed by atoms with van der Waals surface area (Å²) in [6.07, 6.45) is 0. The van der Waals surface area contributed by atoms with Crippen LogP contribution >= 0.6 is 11.3 Å². The highest BCUT2D eigenvalue weighted by atomic mass is 32.1. The number of ether oxygens (including phenoxy) is 2. The van der Waals surface area contributed by atoms with Crippen LogP contribution in [0.5, 0.6) is 11.5 Å². The number of nitrogens with zero attached hydrogens (tertiary/aromatic N) is 1. The molecule has 1 aliphatic rings. The minimum atomic E-state index is -0.383. The van der Waals surface area contributed by atoms with Crippen LogP contribution in [-0.4, -0.2) is 17.7 Å². The lowest BCUT2D eigenvalue weighted by atomic mass is 10.2. The predicted molar refractivity (Wildman–Crippen MR) is 80.1 cm³/mol. The van der Waals surface area contributed by atoms with E-state index in [4.69, 9.17) is 9.47 Å². The summed E-state index contributed by atoms with van der Waals surface area (Å²) < 4.78 is 24.4. The number of halogens is 1. The van der Waals surface area contributed by atoms with Crippen molar-refractivity contribution in [2.45, 2.75) is 0 Å². The Labute approximate surface area is 128 Å². The number of fused-ring (bicyclic) bond motifs is 2. The molecule has 2 heterocycles. The summed E-state index contributed by atoms with van der Waals surface area (Å²) in [5, 5.41) is 3.17. The highest BCUT2D eigenvalue weighted by Gasteiger charge is 2.17. The molecule has 0 unspecified atom stereocenters. The number of carbonyl (C=O) groups is 1. The summed E-state index contributed by atoms with van der Waals surface area (Å²) in [4.78, 5) is 16.4. The molecule has 5 nitrogen and oxygen atoms in total. The molecule has 2 aromatic carbocycles. The van der Waals surface area contributed by atoms with Gasteiger partial charge in [-0.3, -0.25) is 10.1 Å². The molecule has 0 spiro atoms. The zero-order chi connectivity index (χ0) is 15.1. The standard InChI is InChI=1S/C15H9FN2O3S/c16-9-3-1-8(2-4-9)14(19)18-15-17-10-5-11-12(21-7-20-11)6-13(10)22-15/h1-6H,7H2,(H,17,18,19). The molecule has 0 bridgehead atoms. The van der Waals surface area contributed by atoms with E-state index >= 15 is 0 Å². The van der Waals surface area contributed by atoms with Crippen LogP contribution in [0.25, 0.3) is 10.2 Å². The van der Waals surface area contributed by atoms with Crippen LogP contribution in [0.1, 0.15) is 10.4 Å². The highest BCUT2D eigenvalue weighted by molar-refractivity contribution is 7.22. The molecule has 0 saturated heterocycles. The molecule has 0 fully saturated rings. The molecule has 0 atom stereocenters. The first-order valence-corrected chi connectivity index (χ1v) is 7.28. The molecular formula is C15H9FN2O3S. The third-order valence-electron chi connectivity index (χ3n) is 3.21. The Balaban J connectivity index is 1.61. The summed E-state index contributed by atoms with van der Waals surface area (Å²) in [6.45, 7) is 0.209. The third kappa shape index (κ3) is 2.25. The number of hydrogen-bond acceptors (Lipinski definition) is 5. The van der Waals surface area contributed by atoms with Gasteiger partial charge in [-0.2, -0.15) is 0 Å². The number of anilines is 1. The van der Waals surface area contributed by atoms with E-state index in [0.29, 0.717) is 22.2 Å². The monoisotopic (exact) mass is 316 g/mol. The zero-order valence-corrected chi connectivity index (χ0v) is 11.9. The van der Waals surface area contributed by atoms with Crippen molar-refractivity contribution in [3.05, 3.63) is 47.8 Å². The molecule has 4 rings (SSSR count). The summed E-state index contributed by atoms with van der Waals surface area (Å²) in [7, 11) is 0. The SMILES string of the molecule is O=C(Nc1nc2cc3c(cc2s1)OCO3)c1ccc(F)cc1. The largest absolute Gasteiger partial charge is 0.454 e. The number of nitrogens with one attached hydrogen (secondary N) is 1. The zero-order valence-electron chi connectivity index (χ0n) is 11.1. The lowest BCUT2D eigenvalue weighted by Crippen LogP contribution is -2.11. The first kappa shape index (κ1) is 13.0. The van der Waals surface area contributed by atoms with Gasteiger partial charge in [-0.25, -0.2) is 9.37 Å².